The first-order valence-corrected chi connectivity index (χ1v) is 12.5. The maximum Gasteiger partial charge on any atom is 0.495 e. The van der Waals surface area contributed by atoms with E-state index in [-0.39, 0.29) is 0 Å². The lowest BCUT2D eigenvalue weighted by molar-refractivity contribution is -0.114. The van der Waals surface area contributed by atoms with E-state index in [1.807, 2.05) is 31.2 Å². The molecule has 1 aromatic heterocycles. The number of hydrogen-bond acceptors (Lipinski definition) is 6. The Morgan fingerprint density at radius 3 is 2.49 bits per heavy atom. The zero-order chi connectivity index (χ0) is 25.4. The van der Waals surface area contributed by atoms with Crippen LogP contribution in [0.15, 0.2) is 35.6 Å². The first-order chi connectivity index (χ1) is 16.6. The van der Waals surface area contributed by atoms with E-state index >= 15 is 0 Å². The third-order valence-electron chi connectivity index (χ3n) is 7.16. The summed E-state index contributed by atoms with van der Waals surface area (Å²) in [6.07, 6.45) is 7.43. The molecule has 1 aromatic carbocycles. The number of nitrogens with zero attached hydrogens (tertiary/aromatic N) is 5. The molecule has 2 aliphatic rings. The quantitative estimate of drug-likeness (QED) is 0.252. The smallest absolute Gasteiger partial charge is 0.399 e. The minimum absolute atomic E-state index is 0.440. The van der Waals surface area contributed by atoms with Crippen LogP contribution >= 0.6 is 0 Å². The number of amides is 1. The van der Waals surface area contributed by atoms with Gasteiger partial charge < -0.3 is 14.2 Å². The summed E-state index contributed by atoms with van der Waals surface area (Å²) in [5.41, 5.74) is 2.82. The molecule has 1 amide bonds. The molecule has 35 heavy (non-hydrogen) atoms. The Kier molecular flexibility index (Phi) is 7.02. The number of hydrogen-bond donors (Lipinski definition) is 0. The first kappa shape index (κ1) is 25.3. The second-order valence-electron chi connectivity index (χ2n) is 10.2. The third-order valence-corrected chi connectivity index (χ3v) is 7.16. The highest BCUT2D eigenvalue weighted by atomic mass is 16.7. The summed E-state index contributed by atoms with van der Waals surface area (Å²) < 4.78 is 14.4. The highest BCUT2D eigenvalue weighted by Crippen LogP contribution is 2.38. The van der Waals surface area contributed by atoms with E-state index in [4.69, 9.17) is 9.31 Å². The van der Waals surface area contributed by atoms with Crippen molar-refractivity contribution < 1.29 is 14.1 Å². The van der Waals surface area contributed by atoms with Gasteiger partial charge in [0.1, 0.15) is 6.33 Å². The van der Waals surface area contributed by atoms with Gasteiger partial charge in [-0.2, -0.15) is 0 Å². The number of aromatic nitrogens is 3. The van der Waals surface area contributed by atoms with Crippen LogP contribution in [0, 0.1) is 0 Å². The van der Waals surface area contributed by atoms with Crippen LogP contribution in [0.4, 0.5) is 0 Å². The van der Waals surface area contributed by atoms with Crippen molar-refractivity contribution in [2.45, 2.75) is 77.9 Å². The molecule has 1 aliphatic carbocycles. The van der Waals surface area contributed by atoms with Crippen LogP contribution in [-0.4, -0.2) is 63.8 Å². The van der Waals surface area contributed by atoms with Crippen molar-refractivity contribution >= 4 is 30.5 Å². The predicted octanol–water partition coefficient (Wildman–Crippen LogP) is 3.41. The van der Waals surface area contributed by atoms with Crippen molar-refractivity contribution in [3.8, 4) is 0 Å². The summed E-state index contributed by atoms with van der Waals surface area (Å²) in [5, 5.41) is 4.66. The Labute approximate surface area is 208 Å². The Morgan fingerprint density at radius 2 is 1.91 bits per heavy atom. The lowest BCUT2D eigenvalue weighted by atomic mass is 9.73. The average Bonchev–Trinajstić information content (AvgIpc) is 3.51. The van der Waals surface area contributed by atoms with Gasteiger partial charge in [0.2, 0.25) is 6.41 Å². The van der Waals surface area contributed by atoms with Crippen LogP contribution in [-0.2, 0) is 20.5 Å². The molecule has 2 aromatic rings. The van der Waals surface area contributed by atoms with Crippen LogP contribution < -0.4 is 5.46 Å². The van der Waals surface area contributed by atoms with Gasteiger partial charge in [0.25, 0.3) is 0 Å². The summed E-state index contributed by atoms with van der Waals surface area (Å²) in [4.78, 5) is 22.7. The molecule has 0 unspecified atom stereocenters. The molecule has 0 radical (unpaired) electrons. The fourth-order valence-electron chi connectivity index (χ4n) is 4.24. The van der Waals surface area contributed by atoms with E-state index < -0.39 is 18.3 Å². The molecule has 0 N–H and O–H groups in total. The summed E-state index contributed by atoms with van der Waals surface area (Å²) in [5.74, 6) is 1.94. The second-order valence-corrected chi connectivity index (χ2v) is 10.2. The zero-order valence-electron chi connectivity index (χ0n) is 21.9. The minimum atomic E-state index is -0.488. The number of aliphatic imine (C=N–C) groups is 1. The van der Waals surface area contributed by atoms with Crippen LogP contribution in [0.2, 0.25) is 0 Å². The molecule has 9 heteroatoms. The first-order valence-electron chi connectivity index (χ1n) is 12.5. The van der Waals surface area contributed by atoms with Gasteiger partial charge in [-0.05, 0) is 64.9 Å². The summed E-state index contributed by atoms with van der Waals surface area (Å²) in [6, 6.07) is 6.06. The molecule has 1 saturated carbocycles. The highest BCUT2D eigenvalue weighted by molar-refractivity contribution is 6.62. The van der Waals surface area contributed by atoms with Crippen molar-refractivity contribution in [1.29, 1.82) is 0 Å². The summed E-state index contributed by atoms with van der Waals surface area (Å²) >= 11 is 0. The largest absolute Gasteiger partial charge is 0.495 e. The van der Waals surface area contributed by atoms with Crippen LogP contribution in [0.5, 0.6) is 0 Å². The molecule has 2 heterocycles. The monoisotopic (exact) mass is 477 g/mol. The van der Waals surface area contributed by atoms with Crippen molar-refractivity contribution in [3.63, 3.8) is 0 Å². The SMILES string of the molecule is CCN=C(/C=C(/c1cccc(B2OC(C)(C)C(C)(C)O2)c1CC)N(C)C=O)n1cnc(C2CC2)n1. The Hall–Kier alpha value is -2.78. The molecule has 8 nitrogen and oxygen atoms in total. The molecule has 4 rings (SSSR count). The van der Waals surface area contributed by atoms with E-state index in [0.717, 1.165) is 53.8 Å². The van der Waals surface area contributed by atoms with E-state index in [9.17, 15) is 4.79 Å². The number of benzene rings is 1. The predicted molar refractivity (Wildman–Crippen MR) is 139 cm³/mol. The molecule has 2 fully saturated rings. The van der Waals surface area contributed by atoms with Crippen molar-refractivity contribution in [2.24, 2.45) is 4.99 Å². The van der Waals surface area contributed by atoms with E-state index in [0.29, 0.717) is 18.3 Å². The van der Waals surface area contributed by atoms with E-state index in [1.54, 1.807) is 23.0 Å². The number of rotatable bonds is 8. The van der Waals surface area contributed by atoms with Crippen LogP contribution in [0.25, 0.3) is 5.70 Å². The molecule has 1 aliphatic heterocycles. The molecular formula is C26H36BN5O3. The number of carbonyl (C=O) groups is 1. The normalized spacial score (nSPS) is 19.8. The van der Waals surface area contributed by atoms with Crippen LogP contribution in [0.3, 0.4) is 0 Å². The van der Waals surface area contributed by atoms with Crippen molar-refractivity contribution in [2.75, 3.05) is 13.6 Å². The third kappa shape index (κ3) is 4.97. The summed E-state index contributed by atoms with van der Waals surface area (Å²) in [6.45, 7) is 12.9. The number of carbonyl (C=O) groups excluding carboxylic acids is 1. The second kappa shape index (κ2) is 9.70. The lowest BCUT2D eigenvalue weighted by Gasteiger charge is -2.32. The fourth-order valence-corrected chi connectivity index (χ4v) is 4.24. The highest BCUT2D eigenvalue weighted by Gasteiger charge is 2.52. The van der Waals surface area contributed by atoms with Crippen molar-refractivity contribution in [1.82, 2.24) is 19.7 Å². The maximum atomic E-state index is 12.0. The standard InChI is InChI=1S/C26H36BN5O3/c1-8-19-20(11-10-12-21(19)27-34-25(3,4)26(5,6)35-27)22(31(7)17-33)15-23(28-9-2)32-16-29-24(30-32)18-13-14-18/h10-12,15-18H,8-9,13-14H2,1-7H3/b22-15-,28-23?. The summed E-state index contributed by atoms with van der Waals surface area (Å²) in [7, 11) is 1.26. The Morgan fingerprint density at radius 1 is 1.23 bits per heavy atom. The lowest BCUT2D eigenvalue weighted by Crippen LogP contribution is -2.41. The fraction of sp³-hybridized carbons (Fsp3) is 0.538. The molecule has 0 spiro atoms. The van der Waals surface area contributed by atoms with E-state index in [2.05, 4.69) is 49.7 Å². The Bertz CT molecular complexity index is 1130. The van der Waals surface area contributed by atoms with Gasteiger partial charge in [-0.1, -0.05) is 25.1 Å². The van der Waals surface area contributed by atoms with Gasteiger partial charge >= 0.3 is 7.12 Å². The topological polar surface area (TPSA) is 81.8 Å². The van der Waals surface area contributed by atoms with Crippen LogP contribution in [0.1, 0.15) is 77.3 Å². The minimum Gasteiger partial charge on any atom is -0.399 e. The van der Waals surface area contributed by atoms with Crippen molar-refractivity contribution in [3.05, 3.63) is 47.6 Å². The molecule has 0 atom stereocenters. The van der Waals surface area contributed by atoms with Gasteiger partial charge in [0.15, 0.2) is 11.7 Å². The molecular weight excluding hydrogens is 441 g/mol. The Balaban J connectivity index is 1.79. The molecule has 186 valence electrons. The van der Waals surface area contributed by atoms with E-state index in [1.165, 1.54) is 0 Å². The van der Waals surface area contributed by atoms with Gasteiger partial charge in [-0.3, -0.25) is 9.79 Å². The molecule has 1 saturated heterocycles. The van der Waals surface area contributed by atoms with Gasteiger partial charge in [-0.15, -0.1) is 5.10 Å². The zero-order valence-corrected chi connectivity index (χ0v) is 21.9. The maximum absolute atomic E-state index is 12.0. The van der Waals surface area contributed by atoms with Gasteiger partial charge in [0.05, 0.1) is 16.9 Å². The molecule has 0 bridgehead atoms. The number of allylic oxidation sites excluding steroid dienone is 1. The average molecular weight is 477 g/mol. The van der Waals surface area contributed by atoms with Gasteiger partial charge in [0, 0.05) is 31.1 Å². The van der Waals surface area contributed by atoms with Gasteiger partial charge in [-0.25, -0.2) is 9.67 Å².